The van der Waals surface area contributed by atoms with Crippen LogP contribution in [0.15, 0.2) is 0 Å². The zero-order chi connectivity index (χ0) is 42.9. The summed E-state index contributed by atoms with van der Waals surface area (Å²) in [7, 11) is -3.21. The summed E-state index contributed by atoms with van der Waals surface area (Å²) in [5.41, 5.74) is 0.750. The summed E-state index contributed by atoms with van der Waals surface area (Å²) < 4.78 is 45.8. The van der Waals surface area contributed by atoms with Crippen molar-refractivity contribution in [2.75, 3.05) is 52.9 Å². The summed E-state index contributed by atoms with van der Waals surface area (Å²) in [5, 5.41) is 14.1. The lowest BCUT2D eigenvalue weighted by atomic mass is 9.96. The van der Waals surface area contributed by atoms with Crippen LogP contribution in [0.2, 0.25) is 0 Å². The zero-order valence-electron chi connectivity index (χ0n) is 39.2. The molecular formula is C44H88N4O8P4. The average molecular weight is 925 g/mol. The molecule has 0 radical (unpaired) electrons. The lowest BCUT2D eigenvalue weighted by Gasteiger charge is -2.35. The molecule has 60 heavy (non-hydrogen) atoms. The predicted molar refractivity (Wildman–Crippen MR) is 250 cm³/mol. The third-order valence-electron chi connectivity index (χ3n) is 12.2. The van der Waals surface area contributed by atoms with E-state index in [1.54, 1.807) is 0 Å². The Balaban J connectivity index is 0.000000152. The van der Waals surface area contributed by atoms with Gasteiger partial charge in [-0.05, 0) is 51.4 Å². The highest BCUT2D eigenvalue weighted by atomic mass is 31.2. The van der Waals surface area contributed by atoms with Gasteiger partial charge >= 0.3 is 0 Å². The molecule has 8 aliphatic rings. The SMILES string of the molecule is CC1(C)COP(NC2CCCCC2)OC1.CC1(C)COP(NC2CCCCC2)OC1.CC1(C)COP(NC2CCCCC2)OC1.CC1(C)COP(NC2CCCCC2)OC1. The fraction of sp³-hybridized carbons (Fsp3) is 1.00. The van der Waals surface area contributed by atoms with Crippen LogP contribution in [0.4, 0.5) is 0 Å². The molecule has 0 aromatic rings. The van der Waals surface area contributed by atoms with Crippen molar-refractivity contribution in [3.05, 3.63) is 0 Å². The van der Waals surface area contributed by atoms with Gasteiger partial charge in [-0.25, -0.2) is 20.3 Å². The third kappa shape index (κ3) is 21.3. The first-order chi connectivity index (χ1) is 28.6. The van der Waals surface area contributed by atoms with Gasteiger partial charge in [0.2, 0.25) is 0 Å². The highest BCUT2D eigenvalue weighted by molar-refractivity contribution is 7.45. The minimum absolute atomic E-state index is 0.188. The van der Waals surface area contributed by atoms with E-state index in [2.05, 4.69) is 75.7 Å². The van der Waals surface area contributed by atoms with Crippen LogP contribution in [-0.2, 0) is 36.2 Å². The first-order valence-corrected chi connectivity index (χ1v) is 28.6. The molecule has 8 fully saturated rings. The lowest BCUT2D eigenvalue weighted by molar-refractivity contribution is 0.0565. The molecule has 4 aliphatic carbocycles. The second kappa shape index (κ2) is 26.5. The van der Waals surface area contributed by atoms with E-state index in [-0.39, 0.29) is 21.7 Å². The summed E-state index contributed by atoms with van der Waals surface area (Å²) in [6.45, 7) is 24.0. The van der Waals surface area contributed by atoms with E-state index < -0.39 is 34.1 Å². The Hall–Kier alpha value is 1.24. The Labute approximate surface area is 371 Å². The Bertz CT molecular complexity index is 955. The van der Waals surface area contributed by atoms with E-state index in [0.717, 1.165) is 52.9 Å². The van der Waals surface area contributed by atoms with E-state index in [0.29, 0.717) is 24.2 Å². The molecule has 8 rings (SSSR count). The van der Waals surface area contributed by atoms with Gasteiger partial charge in [0.05, 0.1) is 52.9 Å². The van der Waals surface area contributed by atoms with E-state index in [1.165, 1.54) is 128 Å². The van der Waals surface area contributed by atoms with Crippen molar-refractivity contribution in [1.82, 2.24) is 20.3 Å². The van der Waals surface area contributed by atoms with Crippen molar-refractivity contribution in [3.63, 3.8) is 0 Å². The minimum Gasteiger partial charge on any atom is -0.321 e. The van der Waals surface area contributed by atoms with Crippen molar-refractivity contribution >= 4 is 34.1 Å². The van der Waals surface area contributed by atoms with Gasteiger partial charge in [0.25, 0.3) is 34.1 Å². The van der Waals surface area contributed by atoms with Gasteiger partial charge in [0, 0.05) is 45.8 Å². The summed E-state index contributed by atoms with van der Waals surface area (Å²) in [4.78, 5) is 0. The Morgan fingerprint density at radius 1 is 0.267 bits per heavy atom. The summed E-state index contributed by atoms with van der Waals surface area (Å²) in [6, 6.07) is 2.52. The first-order valence-electron chi connectivity index (χ1n) is 23.9. The minimum atomic E-state index is -0.803. The molecule has 4 N–H and O–H groups in total. The molecule has 0 unspecified atom stereocenters. The van der Waals surface area contributed by atoms with Crippen LogP contribution in [0.25, 0.3) is 0 Å². The van der Waals surface area contributed by atoms with Crippen molar-refractivity contribution in [1.29, 1.82) is 0 Å². The largest absolute Gasteiger partial charge is 0.321 e. The van der Waals surface area contributed by atoms with Gasteiger partial charge in [-0.3, -0.25) is 0 Å². The summed E-state index contributed by atoms with van der Waals surface area (Å²) >= 11 is 0. The highest BCUT2D eigenvalue weighted by Gasteiger charge is 2.34. The highest BCUT2D eigenvalue weighted by Crippen LogP contribution is 2.47. The number of rotatable bonds is 8. The molecule has 12 nitrogen and oxygen atoms in total. The van der Waals surface area contributed by atoms with Gasteiger partial charge in [0.1, 0.15) is 0 Å². The van der Waals surface area contributed by atoms with Crippen molar-refractivity contribution in [2.24, 2.45) is 21.7 Å². The van der Waals surface area contributed by atoms with Crippen LogP contribution in [0, 0.1) is 21.7 Å². The molecule has 0 spiro atoms. The first kappa shape index (κ1) is 52.2. The smallest absolute Gasteiger partial charge is 0.256 e. The van der Waals surface area contributed by atoms with Crippen LogP contribution in [-0.4, -0.2) is 77.0 Å². The van der Waals surface area contributed by atoms with Crippen molar-refractivity contribution < 1.29 is 36.2 Å². The van der Waals surface area contributed by atoms with Crippen LogP contribution in [0.1, 0.15) is 184 Å². The van der Waals surface area contributed by atoms with Crippen LogP contribution >= 0.6 is 34.1 Å². The number of hydrogen-bond donors (Lipinski definition) is 4. The molecule has 0 atom stereocenters. The molecule has 16 heteroatoms. The lowest BCUT2D eigenvalue weighted by Crippen LogP contribution is -2.35. The molecule has 4 saturated heterocycles. The molecule has 4 heterocycles. The van der Waals surface area contributed by atoms with Gasteiger partial charge < -0.3 is 36.2 Å². The molecule has 4 aliphatic heterocycles. The van der Waals surface area contributed by atoms with E-state index >= 15 is 0 Å². The van der Waals surface area contributed by atoms with Crippen molar-refractivity contribution in [2.45, 2.75) is 208 Å². The van der Waals surface area contributed by atoms with Gasteiger partial charge in [0.15, 0.2) is 0 Å². The number of hydrogen-bond acceptors (Lipinski definition) is 12. The zero-order valence-corrected chi connectivity index (χ0v) is 42.7. The van der Waals surface area contributed by atoms with Gasteiger partial charge in [-0.15, -0.1) is 0 Å². The summed E-state index contributed by atoms with van der Waals surface area (Å²) in [5.74, 6) is 0. The Morgan fingerprint density at radius 3 is 0.567 bits per heavy atom. The standard InChI is InChI=1S/4C11H22NO2P/c4*1-11(2)8-13-15(14-9-11)12-10-6-4-3-5-7-10/h4*10,12H,3-9H2,1-2H3. The molecule has 0 bridgehead atoms. The van der Waals surface area contributed by atoms with Gasteiger partial charge in [-0.1, -0.05) is 132 Å². The third-order valence-corrected chi connectivity index (χ3v) is 17.4. The monoisotopic (exact) mass is 925 g/mol. The van der Waals surface area contributed by atoms with Crippen LogP contribution in [0.5, 0.6) is 0 Å². The van der Waals surface area contributed by atoms with E-state index in [1.807, 2.05) is 0 Å². The fourth-order valence-electron chi connectivity index (χ4n) is 8.00. The Kier molecular flexibility index (Phi) is 23.1. The summed E-state index contributed by atoms with van der Waals surface area (Å²) in [6.07, 6.45) is 26.7. The Morgan fingerprint density at radius 2 is 0.417 bits per heavy atom. The van der Waals surface area contributed by atoms with Crippen LogP contribution < -0.4 is 20.3 Å². The molecule has 0 amide bonds. The topological polar surface area (TPSA) is 122 Å². The second-order valence-electron chi connectivity index (χ2n) is 21.7. The molecular weight excluding hydrogens is 836 g/mol. The maximum Gasteiger partial charge on any atom is 0.256 e. The maximum atomic E-state index is 5.73. The van der Waals surface area contributed by atoms with E-state index in [9.17, 15) is 0 Å². The number of nitrogens with one attached hydrogen (secondary N) is 4. The van der Waals surface area contributed by atoms with Gasteiger partial charge in [-0.2, -0.15) is 0 Å². The quantitative estimate of drug-likeness (QED) is 0.173. The predicted octanol–water partition coefficient (Wildman–Crippen LogP) is 12.8. The fourth-order valence-corrected chi connectivity index (χ4v) is 14.9. The van der Waals surface area contributed by atoms with Crippen LogP contribution in [0.3, 0.4) is 0 Å². The molecule has 0 aromatic carbocycles. The molecule has 352 valence electrons. The second-order valence-corrected chi connectivity index (χ2v) is 26.9. The molecule has 4 saturated carbocycles. The normalized spacial score (nSPS) is 29.2. The average Bonchev–Trinajstić information content (AvgIpc) is 3.23. The van der Waals surface area contributed by atoms with Crippen molar-refractivity contribution in [3.8, 4) is 0 Å². The van der Waals surface area contributed by atoms with E-state index in [4.69, 9.17) is 36.2 Å². The molecule has 0 aromatic heterocycles. The maximum absolute atomic E-state index is 5.73.